The molecule has 25 heavy (non-hydrogen) atoms. The minimum Gasteiger partial charge on any atom is -0.423 e. The van der Waals surface area contributed by atoms with Gasteiger partial charge in [0.15, 0.2) is 0 Å². The molecular formula is C21H29NO3. The van der Waals surface area contributed by atoms with Crippen LogP contribution in [-0.2, 0) is 6.54 Å². The summed E-state index contributed by atoms with van der Waals surface area (Å²) in [7, 11) is 0. The van der Waals surface area contributed by atoms with E-state index in [0.717, 1.165) is 36.9 Å². The average Bonchev–Trinajstić information content (AvgIpc) is 3.37. The van der Waals surface area contributed by atoms with Gasteiger partial charge < -0.3 is 9.52 Å². The van der Waals surface area contributed by atoms with Crippen molar-refractivity contribution < 1.29 is 9.52 Å². The molecule has 0 bridgehead atoms. The van der Waals surface area contributed by atoms with Crippen molar-refractivity contribution in [2.24, 2.45) is 0 Å². The zero-order valence-electron chi connectivity index (χ0n) is 15.5. The van der Waals surface area contributed by atoms with E-state index in [9.17, 15) is 4.79 Å². The Morgan fingerprint density at radius 3 is 2.64 bits per heavy atom. The standard InChI is InChI=1S/C21H29NO3/c1-14(2)18-12-19-16(11-21(24)25-20(19)10-15(18)3)13-22(17-6-7-17)8-4-5-9-23/h10-12,14,17,23H,4-9,13H2,1-3H3. The Kier molecular flexibility index (Phi) is 5.60. The Balaban J connectivity index is 1.96. The minimum atomic E-state index is -0.273. The topological polar surface area (TPSA) is 53.7 Å². The van der Waals surface area contributed by atoms with Gasteiger partial charge in [0.25, 0.3) is 0 Å². The quantitative estimate of drug-likeness (QED) is 0.582. The Morgan fingerprint density at radius 1 is 1.24 bits per heavy atom. The summed E-state index contributed by atoms with van der Waals surface area (Å²) in [6.07, 6.45) is 4.28. The van der Waals surface area contributed by atoms with Gasteiger partial charge in [0, 0.05) is 30.6 Å². The highest BCUT2D eigenvalue weighted by molar-refractivity contribution is 5.82. The van der Waals surface area contributed by atoms with Crippen LogP contribution in [0.4, 0.5) is 0 Å². The van der Waals surface area contributed by atoms with Gasteiger partial charge in [0.1, 0.15) is 5.58 Å². The third kappa shape index (κ3) is 4.31. The molecule has 0 unspecified atom stereocenters. The molecule has 1 N–H and O–H groups in total. The van der Waals surface area contributed by atoms with Gasteiger partial charge >= 0.3 is 5.63 Å². The maximum atomic E-state index is 12.0. The van der Waals surface area contributed by atoms with Crippen LogP contribution >= 0.6 is 0 Å². The van der Waals surface area contributed by atoms with Crippen molar-refractivity contribution in [2.45, 2.75) is 65.0 Å². The SMILES string of the molecule is Cc1cc2oc(=O)cc(CN(CCCCO)C3CC3)c2cc1C(C)C. The van der Waals surface area contributed by atoms with Gasteiger partial charge in [-0.25, -0.2) is 4.79 Å². The summed E-state index contributed by atoms with van der Waals surface area (Å²) in [4.78, 5) is 14.5. The van der Waals surface area contributed by atoms with Gasteiger partial charge in [-0.2, -0.15) is 0 Å². The first-order valence-electron chi connectivity index (χ1n) is 9.41. The van der Waals surface area contributed by atoms with E-state index >= 15 is 0 Å². The van der Waals surface area contributed by atoms with Gasteiger partial charge in [-0.15, -0.1) is 0 Å². The van der Waals surface area contributed by atoms with E-state index in [1.165, 1.54) is 24.0 Å². The van der Waals surface area contributed by atoms with Crippen LogP contribution in [0.2, 0.25) is 0 Å². The third-order valence-corrected chi connectivity index (χ3v) is 5.13. The van der Waals surface area contributed by atoms with Crippen LogP contribution in [0.1, 0.15) is 62.1 Å². The molecule has 1 heterocycles. The van der Waals surface area contributed by atoms with Gasteiger partial charge in [0.2, 0.25) is 0 Å². The number of hydrogen-bond donors (Lipinski definition) is 1. The molecule has 1 aromatic carbocycles. The number of aliphatic hydroxyl groups excluding tert-OH is 1. The predicted octanol–water partition coefficient (Wildman–Crippen LogP) is 3.96. The van der Waals surface area contributed by atoms with Gasteiger partial charge in [0.05, 0.1) is 0 Å². The van der Waals surface area contributed by atoms with E-state index in [2.05, 4.69) is 31.7 Å². The molecule has 0 spiro atoms. The number of fused-ring (bicyclic) bond motifs is 1. The summed E-state index contributed by atoms with van der Waals surface area (Å²) in [6.45, 7) is 8.45. The molecule has 0 amide bonds. The summed E-state index contributed by atoms with van der Waals surface area (Å²) in [5.74, 6) is 0.438. The lowest BCUT2D eigenvalue weighted by molar-refractivity contribution is 0.229. The van der Waals surface area contributed by atoms with Crippen molar-refractivity contribution in [3.05, 3.63) is 45.3 Å². The number of unbranched alkanes of at least 4 members (excludes halogenated alkanes) is 1. The fourth-order valence-corrected chi connectivity index (χ4v) is 3.62. The van der Waals surface area contributed by atoms with E-state index in [1.807, 2.05) is 6.07 Å². The van der Waals surface area contributed by atoms with Crippen molar-refractivity contribution in [3.8, 4) is 0 Å². The molecule has 0 aliphatic heterocycles. The minimum absolute atomic E-state index is 0.243. The Hall–Kier alpha value is -1.65. The zero-order chi connectivity index (χ0) is 18.0. The fraction of sp³-hybridized carbons (Fsp3) is 0.571. The number of hydrogen-bond acceptors (Lipinski definition) is 4. The summed E-state index contributed by atoms with van der Waals surface area (Å²) in [5.41, 5.74) is 3.95. The van der Waals surface area contributed by atoms with E-state index in [4.69, 9.17) is 9.52 Å². The van der Waals surface area contributed by atoms with Crippen molar-refractivity contribution in [1.29, 1.82) is 0 Å². The van der Waals surface area contributed by atoms with Crippen LogP contribution in [0.15, 0.2) is 27.4 Å². The van der Waals surface area contributed by atoms with Crippen LogP contribution in [0.5, 0.6) is 0 Å². The fourth-order valence-electron chi connectivity index (χ4n) is 3.62. The van der Waals surface area contributed by atoms with Crippen LogP contribution in [0.25, 0.3) is 11.0 Å². The third-order valence-electron chi connectivity index (χ3n) is 5.13. The zero-order valence-corrected chi connectivity index (χ0v) is 15.5. The molecule has 1 aliphatic rings. The number of nitrogens with zero attached hydrogens (tertiary/aromatic N) is 1. The largest absolute Gasteiger partial charge is 0.423 e. The van der Waals surface area contributed by atoms with Crippen LogP contribution < -0.4 is 5.63 Å². The van der Waals surface area contributed by atoms with Gasteiger partial charge in [-0.05, 0) is 73.9 Å². The molecule has 0 saturated heterocycles. The molecule has 136 valence electrons. The second-order valence-electron chi connectivity index (χ2n) is 7.58. The van der Waals surface area contributed by atoms with Gasteiger partial charge in [-0.3, -0.25) is 4.90 Å². The number of aliphatic hydroxyl groups is 1. The van der Waals surface area contributed by atoms with Crippen LogP contribution in [0.3, 0.4) is 0 Å². The first-order chi connectivity index (χ1) is 12.0. The first-order valence-corrected chi connectivity index (χ1v) is 9.41. The first kappa shape index (κ1) is 18.2. The second kappa shape index (κ2) is 7.71. The van der Waals surface area contributed by atoms with Crippen molar-refractivity contribution in [1.82, 2.24) is 4.90 Å². The highest BCUT2D eigenvalue weighted by Gasteiger charge is 2.29. The maximum Gasteiger partial charge on any atom is 0.336 e. The normalized spacial score (nSPS) is 14.8. The molecule has 4 nitrogen and oxygen atoms in total. The maximum absolute atomic E-state index is 12.0. The lowest BCUT2D eigenvalue weighted by Crippen LogP contribution is -2.27. The summed E-state index contributed by atoms with van der Waals surface area (Å²) < 4.78 is 5.47. The highest BCUT2D eigenvalue weighted by atomic mass is 16.4. The number of benzene rings is 1. The Bertz CT molecular complexity index is 790. The van der Waals surface area contributed by atoms with Gasteiger partial charge in [-0.1, -0.05) is 13.8 Å². The molecular weight excluding hydrogens is 314 g/mol. The lowest BCUT2D eigenvalue weighted by atomic mass is 9.95. The van der Waals surface area contributed by atoms with Crippen LogP contribution in [0, 0.1) is 6.92 Å². The predicted molar refractivity (Wildman–Crippen MR) is 101 cm³/mol. The second-order valence-corrected chi connectivity index (χ2v) is 7.58. The van der Waals surface area contributed by atoms with E-state index in [0.29, 0.717) is 17.5 Å². The van der Waals surface area contributed by atoms with Crippen molar-refractivity contribution in [2.75, 3.05) is 13.2 Å². The molecule has 0 radical (unpaired) electrons. The summed E-state index contributed by atoms with van der Waals surface area (Å²) in [5, 5.41) is 10.1. The highest BCUT2D eigenvalue weighted by Crippen LogP contribution is 2.31. The number of aryl methyl sites for hydroxylation is 1. The van der Waals surface area contributed by atoms with E-state index in [1.54, 1.807) is 6.07 Å². The number of rotatable bonds is 8. The van der Waals surface area contributed by atoms with Crippen molar-refractivity contribution in [3.63, 3.8) is 0 Å². The monoisotopic (exact) mass is 343 g/mol. The molecule has 1 aromatic heterocycles. The summed E-state index contributed by atoms with van der Waals surface area (Å²) >= 11 is 0. The molecule has 0 atom stereocenters. The van der Waals surface area contributed by atoms with E-state index < -0.39 is 0 Å². The molecule has 2 aromatic rings. The Morgan fingerprint density at radius 2 is 2.00 bits per heavy atom. The molecule has 1 saturated carbocycles. The average molecular weight is 343 g/mol. The van der Waals surface area contributed by atoms with E-state index in [-0.39, 0.29) is 12.2 Å². The Labute approximate surface area is 149 Å². The molecule has 4 heteroatoms. The van der Waals surface area contributed by atoms with Crippen molar-refractivity contribution >= 4 is 11.0 Å². The molecule has 3 rings (SSSR count). The summed E-state index contributed by atoms with van der Waals surface area (Å²) in [6, 6.07) is 6.48. The van der Waals surface area contributed by atoms with Crippen LogP contribution in [-0.4, -0.2) is 29.2 Å². The molecule has 1 fully saturated rings. The molecule has 1 aliphatic carbocycles. The lowest BCUT2D eigenvalue weighted by Gasteiger charge is -2.23. The smallest absolute Gasteiger partial charge is 0.336 e.